The Balaban J connectivity index is 1.86. The fourth-order valence-electron chi connectivity index (χ4n) is 5.57. The van der Waals surface area contributed by atoms with Crippen LogP contribution in [0.3, 0.4) is 0 Å². The number of rotatable bonds is 4. The predicted molar refractivity (Wildman–Crippen MR) is 126 cm³/mol. The molecule has 164 valence electrons. The van der Waals surface area contributed by atoms with E-state index in [0.29, 0.717) is 5.56 Å². The lowest BCUT2D eigenvalue weighted by Crippen LogP contribution is -2.34. The van der Waals surface area contributed by atoms with E-state index in [1.165, 1.54) is 40.7 Å². The molecule has 0 heterocycles. The minimum absolute atomic E-state index is 0.144. The second-order valence-corrected chi connectivity index (χ2v) is 10.6. The molecule has 1 N–H and O–H groups in total. The lowest BCUT2D eigenvalue weighted by atomic mass is 9.62. The topological polar surface area (TPSA) is 46.5 Å². The van der Waals surface area contributed by atoms with Gasteiger partial charge in [0.15, 0.2) is 0 Å². The number of hydrogen-bond donors (Lipinski definition) is 1. The van der Waals surface area contributed by atoms with Crippen LogP contribution in [-0.4, -0.2) is 18.2 Å². The SMILES string of the molecule is COC1(c2ccc(C(=O)O)cc2)CCC=C1c1cc2c(cc1C)C(C)(C)CCC2(C)C. The highest BCUT2D eigenvalue weighted by Gasteiger charge is 2.42. The first-order valence-electron chi connectivity index (χ1n) is 11.3. The zero-order valence-corrected chi connectivity index (χ0v) is 19.6. The summed E-state index contributed by atoms with van der Waals surface area (Å²) >= 11 is 0. The van der Waals surface area contributed by atoms with Gasteiger partial charge in [0, 0.05) is 7.11 Å². The van der Waals surface area contributed by atoms with Gasteiger partial charge in [-0.15, -0.1) is 0 Å². The van der Waals surface area contributed by atoms with Crippen LogP contribution in [0.4, 0.5) is 0 Å². The first-order valence-corrected chi connectivity index (χ1v) is 11.3. The summed E-state index contributed by atoms with van der Waals surface area (Å²) in [6.07, 6.45) is 6.49. The molecule has 0 spiro atoms. The molecule has 0 amide bonds. The van der Waals surface area contributed by atoms with Crippen molar-refractivity contribution >= 4 is 11.5 Å². The van der Waals surface area contributed by atoms with Crippen LogP contribution in [0, 0.1) is 6.92 Å². The Morgan fingerprint density at radius 1 is 0.935 bits per heavy atom. The summed E-state index contributed by atoms with van der Waals surface area (Å²) in [4.78, 5) is 11.3. The van der Waals surface area contributed by atoms with Crippen molar-refractivity contribution in [1.29, 1.82) is 0 Å². The number of aromatic carboxylic acids is 1. The predicted octanol–water partition coefficient (Wildman–Crippen LogP) is 6.76. The number of methoxy groups -OCH3 is 1. The van der Waals surface area contributed by atoms with E-state index in [1.54, 1.807) is 19.2 Å². The number of carboxylic acid groups (broad SMARTS) is 1. The Hall–Kier alpha value is -2.39. The molecule has 0 saturated heterocycles. The third-order valence-electron chi connectivity index (χ3n) is 7.71. The minimum atomic E-state index is -0.907. The van der Waals surface area contributed by atoms with Crippen molar-refractivity contribution in [3.05, 3.63) is 75.9 Å². The molecule has 31 heavy (non-hydrogen) atoms. The van der Waals surface area contributed by atoms with Crippen LogP contribution in [0.5, 0.6) is 0 Å². The van der Waals surface area contributed by atoms with Crippen molar-refractivity contribution in [3.8, 4) is 0 Å². The molecular formula is C28H34O3. The first-order chi connectivity index (χ1) is 14.5. The third-order valence-corrected chi connectivity index (χ3v) is 7.71. The summed E-state index contributed by atoms with van der Waals surface area (Å²) < 4.78 is 6.23. The van der Waals surface area contributed by atoms with Crippen LogP contribution in [0.2, 0.25) is 0 Å². The highest BCUT2D eigenvalue weighted by molar-refractivity contribution is 5.88. The Labute approximate surface area is 186 Å². The quantitative estimate of drug-likeness (QED) is 0.596. The van der Waals surface area contributed by atoms with E-state index in [-0.39, 0.29) is 10.8 Å². The van der Waals surface area contributed by atoms with Gasteiger partial charge in [-0.25, -0.2) is 4.79 Å². The summed E-state index contributed by atoms with van der Waals surface area (Å²) in [6, 6.07) is 12.0. The second-order valence-electron chi connectivity index (χ2n) is 10.6. The molecule has 2 aliphatic carbocycles. The van der Waals surface area contributed by atoms with E-state index in [4.69, 9.17) is 4.74 Å². The van der Waals surface area contributed by atoms with E-state index >= 15 is 0 Å². The van der Waals surface area contributed by atoms with Gasteiger partial charge in [-0.05, 0) is 89.0 Å². The van der Waals surface area contributed by atoms with Gasteiger partial charge in [-0.2, -0.15) is 0 Å². The van der Waals surface area contributed by atoms with Gasteiger partial charge in [0.25, 0.3) is 0 Å². The maximum Gasteiger partial charge on any atom is 0.335 e. The van der Waals surface area contributed by atoms with Gasteiger partial charge in [0.1, 0.15) is 5.60 Å². The van der Waals surface area contributed by atoms with Crippen molar-refractivity contribution in [2.45, 2.75) is 76.7 Å². The number of hydrogen-bond acceptors (Lipinski definition) is 2. The number of benzene rings is 2. The maximum absolute atomic E-state index is 11.3. The van der Waals surface area contributed by atoms with Crippen LogP contribution in [0.1, 0.15) is 91.6 Å². The van der Waals surface area contributed by atoms with Crippen molar-refractivity contribution in [2.75, 3.05) is 7.11 Å². The van der Waals surface area contributed by atoms with E-state index in [1.807, 2.05) is 12.1 Å². The van der Waals surface area contributed by atoms with Crippen molar-refractivity contribution in [2.24, 2.45) is 0 Å². The van der Waals surface area contributed by atoms with Gasteiger partial charge < -0.3 is 9.84 Å². The molecule has 3 heteroatoms. The van der Waals surface area contributed by atoms with Crippen molar-refractivity contribution in [1.82, 2.24) is 0 Å². The van der Waals surface area contributed by atoms with Gasteiger partial charge in [-0.1, -0.05) is 58.0 Å². The van der Waals surface area contributed by atoms with Gasteiger partial charge >= 0.3 is 5.97 Å². The fourth-order valence-corrected chi connectivity index (χ4v) is 5.57. The average molecular weight is 419 g/mol. The Kier molecular flexibility index (Phi) is 5.17. The largest absolute Gasteiger partial charge is 0.478 e. The Bertz CT molecular complexity index is 1060. The van der Waals surface area contributed by atoms with Crippen LogP contribution < -0.4 is 0 Å². The van der Waals surface area contributed by atoms with Crippen molar-refractivity contribution < 1.29 is 14.6 Å². The standard InChI is InChI=1S/C28H34O3/c1-18-16-23-24(27(4,5)15-14-26(23,2)3)17-21(18)22-8-7-13-28(22,31-6)20-11-9-19(10-12-20)25(29)30/h8-12,16-17H,7,13-15H2,1-6H3,(H,29,30). The lowest BCUT2D eigenvalue weighted by molar-refractivity contribution is 0.0377. The number of carboxylic acids is 1. The van der Waals surface area contributed by atoms with Gasteiger partial charge in [0.05, 0.1) is 5.56 Å². The molecule has 3 nitrogen and oxygen atoms in total. The maximum atomic E-state index is 11.3. The minimum Gasteiger partial charge on any atom is -0.478 e. The van der Waals surface area contributed by atoms with Crippen LogP contribution in [0.25, 0.3) is 5.57 Å². The Morgan fingerprint density at radius 3 is 2.06 bits per heavy atom. The van der Waals surface area contributed by atoms with Crippen LogP contribution in [0.15, 0.2) is 42.5 Å². The fraction of sp³-hybridized carbons (Fsp3) is 0.464. The highest BCUT2D eigenvalue weighted by atomic mass is 16.5. The molecule has 2 aromatic carbocycles. The number of aryl methyl sites for hydroxylation is 1. The normalized spacial score (nSPS) is 23.9. The van der Waals surface area contributed by atoms with E-state index < -0.39 is 11.6 Å². The van der Waals surface area contributed by atoms with E-state index in [9.17, 15) is 9.90 Å². The number of ether oxygens (including phenoxy) is 1. The highest BCUT2D eigenvalue weighted by Crippen LogP contribution is 2.52. The van der Waals surface area contributed by atoms with E-state index in [2.05, 4.69) is 52.8 Å². The van der Waals surface area contributed by atoms with Crippen LogP contribution >= 0.6 is 0 Å². The molecule has 0 radical (unpaired) electrons. The average Bonchev–Trinajstić information content (AvgIpc) is 3.16. The third kappa shape index (κ3) is 3.43. The molecule has 0 bridgehead atoms. The summed E-state index contributed by atoms with van der Waals surface area (Å²) in [5.74, 6) is -0.907. The molecule has 4 rings (SSSR count). The lowest BCUT2D eigenvalue weighted by Gasteiger charge is -2.43. The molecule has 0 fully saturated rings. The molecule has 1 atom stereocenters. The second kappa shape index (κ2) is 7.34. The van der Waals surface area contributed by atoms with Crippen LogP contribution in [-0.2, 0) is 21.2 Å². The van der Waals surface area contributed by atoms with Gasteiger partial charge in [-0.3, -0.25) is 0 Å². The monoisotopic (exact) mass is 418 g/mol. The molecule has 0 saturated carbocycles. The summed E-state index contributed by atoms with van der Waals surface area (Å²) in [5.41, 5.74) is 7.75. The number of fused-ring (bicyclic) bond motifs is 1. The molecule has 2 aromatic rings. The molecule has 0 aliphatic heterocycles. The van der Waals surface area contributed by atoms with Gasteiger partial charge in [0.2, 0.25) is 0 Å². The summed E-state index contributed by atoms with van der Waals surface area (Å²) in [5, 5.41) is 9.29. The Morgan fingerprint density at radius 2 is 1.52 bits per heavy atom. The number of carbonyl (C=O) groups is 1. The molecule has 0 aromatic heterocycles. The van der Waals surface area contributed by atoms with E-state index in [0.717, 1.165) is 18.4 Å². The summed E-state index contributed by atoms with van der Waals surface area (Å²) in [6.45, 7) is 11.6. The first kappa shape index (κ1) is 21.8. The molecule has 1 unspecified atom stereocenters. The molecule has 2 aliphatic rings. The zero-order valence-electron chi connectivity index (χ0n) is 19.6. The smallest absolute Gasteiger partial charge is 0.335 e. The van der Waals surface area contributed by atoms with Crippen molar-refractivity contribution in [3.63, 3.8) is 0 Å². The number of allylic oxidation sites excluding steroid dienone is 1. The summed E-state index contributed by atoms with van der Waals surface area (Å²) in [7, 11) is 1.77. The zero-order chi connectivity index (χ0) is 22.6. The molecular weight excluding hydrogens is 384 g/mol.